The van der Waals surface area contributed by atoms with Gasteiger partial charge in [0.25, 0.3) is 14.2 Å². The molecule has 10 heteroatoms. The molecule has 0 N–H and O–H groups in total. The Morgan fingerprint density at radius 1 is 1.38 bits per heavy atom. The summed E-state index contributed by atoms with van der Waals surface area (Å²) < 4.78 is 43.0. The number of ether oxygens (including phenoxy) is 1. The maximum Gasteiger partial charge on any atom is 0.296 e. The fourth-order valence-electron chi connectivity index (χ4n) is 1.75. The van der Waals surface area contributed by atoms with Crippen LogP contribution in [0.2, 0.25) is 5.02 Å². The molecular formula is C11H10Cl2FN3O3S. The molecule has 0 saturated heterocycles. The first-order valence-corrected chi connectivity index (χ1v) is 8.36. The smallest absolute Gasteiger partial charge is 0.296 e. The molecule has 2 rings (SSSR count). The first kappa shape index (κ1) is 16.2. The van der Waals surface area contributed by atoms with E-state index in [2.05, 4.69) is 10.2 Å². The van der Waals surface area contributed by atoms with Gasteiger partial charge in [0.2, 0.25) is 0 Å². The highest BCUT2D eigenvalue weighted by atomic mass is 35.7. The van der Waals surface area contributed by atoms with E-state index in [1.165, 1.54) is 25.3 Å². The molecular weight excluding hydrogens is 344 g/mol. The third kappa shape index (κ3) is 3.34. The van der Waals surface area contributed by atoms with Crippen LogP contribution < -0.4 is 0 Å². The maximum atomic E-state index is 14.0. The van der Waals surface area contributed by atoms with Crippen molar-refractivity contribution < 1.29 is 17.5 Å². The van der Waals surface area contributed by atoms with Crippen LogP contribution in [0.3, 0.4) is 0 Å². The van der Waals surface area contributed by atoms with E-state index in [1.807, 2.05) is 0 Å². The zero-order chi connectivity index (χ0) is 15.6. The van der Waals surface area contributed by atoms with E-state index < -0.39 is 20.0 Å². The van der Waals surface area contributed by atoms with E-state index in [0.29, 0.717) is 0 Å². The van der Waals surface area contributed by atoms with E-state index in [9.17, 15) is 12.8 Å². The molecule has 0 atom stereocenters. The lowest BCUT2D eigenvalue weighted by Crippen LogP contribution is -2.12. The van der Waals surface area contributed by atoms with Crippen LogP contribution in [0, 0.1) is 5.82 Å². The number of nitrogens with zero attached hydrogens (tertiary/aromatic N) is 3. The Hall–Kier alpha value is -1.22. The van der Waals surface area contributed by atoms with Crippen molar-refractivity contribution in [1.29, 1.82) is 0 Å². The Morgan fingerprint density at radius 3 is 2.67 bits per heavy atom. The van der Waals surface area contributed by atoms with Gasteiger partial charge < -0.3 is 4.74 Å². The van der Waals surface area contributed by atoms with Crippen molar-refractivity contribution in [3.63, 3.8) is 0 Å². The number of hydrogen-bond acceptors (Lipinski definition) is 5. The van der Waals surface area contributed by atoms with Crippen LogP contribution >= 0.6 is 22.3 Å². The monoisotopic (exact) mass is 353 g/mol. The van der Waals surface area contributed by atoms with Crippen molar-refractivity contribution >= 4 is 31.3 Å². The number of hydrogen-bond donors (Lipinski definition) is 0. The topological polar surface area (TPSA) is 74.1 Å². The van der Waals surface area contributed by atoms with E-state index in [-0.39, 0.29) is 29.6 Å². The van der Waals surface area contributed by atoms with Crippen LogP contribution in [0.25, 0.3) is 11.4 Å². The highest BCUT2D eigenvalue weighted by Gasteiger charge is 2.25. The number of rotatable bonds is 5. The van der Waals surface area contributed by atoms with Crippen molar-refractivity contribution in [2.75, 3.05) is 13.7 Å². The SMILES string of the molecule is COCCn1c(-c2c(F)cccc2Cl)nnc1S(=O)(=O)Cl. The molecule has 0 fully saturated rings. The quantitative estimate of drug-likeness (QED) is 0.771. The molecule has 0 radical (unpaired) electrons. The molecule has 6 nitrogen and oxygen atoms in total. The zero-order valence-corrected chi connectivity index (χ0v) is 13.1. The van der Waals surface area contributed by atoms with Crippen molar-refractivity contribution in [2.24, 2.45) is 0 Å². The Kier molecular flexibility index (Phi) is 4.82. The summed E-state index contributed by atoms with van der Waals surface area (Å²) in [6.45, 7) is 0.237. The van der Waals surface area contributed by atoms with Gasteiger partial charge in [-0.3, -0.25) is 4.57 Å². The lowest BCUT2D eigenvalue weighted by atomic mass is 10.2. The minimum atomic E-state index is -4.14. The van der Waals surface area contributed by atoms with Gasteiger partial charge in [-0.2, -0.15) is 0 Å². The van der Waals surface area contributed by atoms with Gasteiger partial charge in [0.15, 0.2) is 5.82 Å². The third-order valence-corrected chi connectivity index (χ3v) is 4.11. The van der Waals surface area contributed by atoms with E-state index >= 15 is 0 Å². The van der Waals surface area contributed by atoms with Gasteiger partial charge in [0, 0.05) is 17.8 Å². The lowest BCUT2D eigenvalue weighted by molar-refractivity contribution is 0.185. The average Bonchev–Trinajstić information content (AvgIpc) is 2.79. The van der Waals surface area contributed by atoms with Crippen molar-refractivity contribution in [3.05, 3.63) is 29.0 Å². The third-order valence-electron chi connectivity index (χ3n) is 2.64. The van der Waals surface area contributed by atoms with Gasteiger partial charge in [-0.05, 0) is 12.1 Å². The standard InChI is InChI=1S/C11H10Cl2FN3O3S/c1-20-6-5-17-10(15-16-11(17)21(13,18)19)9-7(12)3-2-4-8(9)14/h2-4H,5-6H2,1H3. The Morgan fingerprint density at radius 2 is 2.10 bits per heavy atom. The number of benzene rings is 1. The normalized spacial score (nSPS) is 11.8. The zero-order valence-electron chi connectivity index (χ0n) is 10.8. The van der Waals surface area contributed by atoms with Gasteiger partial charge in [-0.15, -0.1) is 10.2 Å². The molecule has 2 aromatic rings. The minimum Gasteiger partial charge on any atom is -0.383 e. The van der Waals surface area contributed by atoms with Gasteiger partial charge in [0.1, 0.15) is 5.82 Å². The molecule has 0 bridgehead atoms. The summed E-state index contributed by atoms with van der Waals surface area (Å²) in [6, 6.07) is 4.08. The molecule has 1 aromatic carbocycles. The lowest BCUT2D eigenvalue weighted by Gasteiger charge is -2.10. The molecule has 1 heterocycles. The van der Waals surface area contributed by atoms with Crippen LogP contribution in [0.1, 0.15) is 0 Å². The largest absolute Gasteiger partial charge is 0.383 e. The van der Waals surface area contributed by atoms with E-state index in [1.54, 1.807) is 0 Å². The summed E-state index contributed by atoms with van der Waals surface area (Å²) in [6.07, 6.45) is 0. The first-order chi connectivity index (χ1) is 9.86. The molecule has 0 aliphatic heterocycles. The summed E-state index contributed by atoms with van der Waals surface area (Å²) in [5.74, 6) is -0.679. The molecule has 114 valence electrons. The number of halogens is 3. The van der Waals surface area contributed by atoms with Crippen molar-refractivity contribution in [1.82, 2.24) is 14.8 Å². The molecule has 0 saturated carbocycles. The second-order valence-corrected chi connectivity index (χ2v) is 6.85. The van der Waals surface area contributed by atoms with Crippen LogP contribution in [0.5, 0.6) is 0 Å². The second kappa shape index (κ2) is 6.27. The van der Waals surface area contributed by atoms with Crippen LogP contribution in [-0.2, 0) is 20.3 Å². The summed E-state index contributed by atoms with van der Waals surface area (Å²) in [5.41, 5.74) is -0.0469. The average molecular weight is 354 g/mol. The van der Waals surface area contributed by atoms with Gasteiger partial charge >= 0.3 is 0 Å². The molecule has 0 spiro atoms. The summed E-state index contributed by atoms with van der Waals surface area (Å²) >= 11 is 5.96. The van der Waals surface area contributed by atoms with Gasteiger partial charge in [-0.1, -0.05) is 17.7 Å². The Labute approximate surface area is 129 Å². The highest BCUT2D eigenvalue weighted by Crippen LogP contribution is 2.30. The van der Waals surface area contributed by atoms with Crippen molar-refractivity contribution in [3.8, 4) is 11.4 Å². The minimum absolute atomic E-state index is 0.0330. The Balaban J connectivity index is 2.67. The van der Waals surface area contributed by atoms with Gasteiger partial charge in [-0.25, -0.2) is 12.8 Å². The predicted octanol–water partition coefficient (Wildman–Crippen LogP) is 2.31. The Bertz CT molecular complexity index is 744. The summed E-state index contributed by atoms with van der Waals surface area (Å²) in [4.78, 5) is 0. The van der Waals surface area contributed by atoms with E-state index in [0.717, 1.165) is 4.57 Å². The fourth-order valence-corrected chi connectivity index (χ4v) is 2.92. The maximum absolute atomic E-state index is 14.0. The second-order valence-electron chi connectivity index (χ2n) is 3.99. The van der Waals surface area contributed by atoms with Gasteiger partial charge in [0.05, 0.1) is 23.7 Å². The molecule has 21 heavy (non-hydrogen) atoms. The fraction of sp³-hybridized carbons (Fsp3) is 0.273. The van der Waals surface area contributed by atoms with Crippen LogP contribution in [-0.4, -0.2) is 36.9 Å². The van der Waals surface area contributed by atoms with E-state index in [4.69, 9.17) is 27.0 Å². The molecule has 0 aliphatic rings. The van der Waals surface area contributed by atoms with Crippen molar-refractivity contribution in [2.45, 2.75) is 11.7 Å². The summed E-state index contributed by atoms with van der Waals surface area (Å²) in [7, 11) is 2.61. The predicted molar refractivity (Wildman–Crippen MR) is 75.3 cm³/mol. The number of methoxy groups -OCH3 is 1. The van der Waals surface area contributed by atoms with Crippen LogP contribution in [0.4, 0.5) is 4.39 Å². The molecule has 0 unspecified atom stereocenters. The first-order valence-electron chi connectivity index (χ1n) is 5.67. The highest BCUT2D eigenvalue weighted by molar-refractivity contribution is 8.13. The molecule has 0 aliphatic carbocycles. The molecule has 0 amide bonds. The number of aromatic nitrogens is 3. The summed E-state index contributed by atoms with van der Waals surface area (Å²) in [5, 5.41) is 6.80. The molecule has 1 aromatic heterocycles. The van der Waals surface area contributed by atoms with Crippen LogP contribution in [0.15, 0.2) is 23.4 Å².